The van der Waals surface area contributed by atoms with Gasteiger partial charge in [0.25, 0.3) is 0 Å². The molecule has 0 bridgehead atoms. The lowest BCUT2D eigenvalue weighted by Crippen LogP contribution is -2.10. The largest absolute Gasteiger partial charge is 0.313 e. The van der Waals surface area contributed by atoms with Crippen LogP contribution in [0.15, 0.2) is 194 Å². The lowest BCUT2D eigenvalue weighted by molar-refractivity contribution is 0.992. The van der Waals surface area contributed by atoms with Crippen molar-refractivity contribution in [3.05, 3.63) is 200 Å². The Morgan fingerprint density at radius 2 is 0.860 bits per heavy atom. The van der Waals surface area contributed by atoms with Crippen molar-refractivity contribution in [2.24, 2.45) is 0 Å². The maximum atomic E-state index is 2.48. The first-order chi connectivity index (χ1) is 24.8. The minimum absolute atomic E-state index is 0.981. The lowest BCUT2D eigenvalue weighted by Gasteiger charge is -2.26. The highest BCUT2D eigenvalue weighted by molar-refractivity contribution is 6.11. The van der Waals surface area contributed by atoms with E-state index in [-0.39, 0.29) is 0 Å². The summed E-state index contributed by atoms with van der Waals surface area (Å²) in [5.41, 5.74) is 14.7. The third-order valence-corrected chi connectivity index (χ3v) is 9.94. The molecule has 0 unspecified atom stereocenters. The van der Waals surface area contributed by atoms with E-state index in [0.717, 1.165) is 29.9 Å². The number of benzene rings is 7. The molecule has 50 heavy (non-hydrogen) atoms. The van der Waals surface area contributed by atoms with E-state index in [9.17, 15) is 0 Å². The van der Waals surface area contributed by atoms with Crippen molar-refractivity contribution in [3.63, 3.8) is 0 Å². The Kier molecular flexibility index (Phi) is 7.68. The van der Waals surface area contributed by atoms with E-state index in [4.69, 9.17) is 0 Å². The van der Waals surface area contributed by atoms with Crippen molar-refractivity contribution in [3.8, 4) is 22.3 Å². The van der Waals surface area contributed by atoms with Gasteiger partial charge in [-0.05, 0) is 94.8 Å². The molecule has 7 aromatic carbocycles. The molecule has 1 aliphatic rings. The molecule has 1 heterocycles. The standard InChI is InChI=1S/C48H36N2/c1-4-12-35(13-5-1)37-20-22-38(23-21-37)40-24-28-42(29-25-40)49(41-16-8-3-9-17-41)44-32-33-46-45-18-10-11-19-47(45)50(48(46)34-44)43-30-26-39(27-31-43)36-14-6-2-7-15-36/h1-26,28-30,32-34H,27,31H2. The minimum Gasteiger partial charge on any atom is -0.313 e. The van der Waals surface area contributed by atoms with Crippen LogP contribution in [0, 0.1) is 0 Å². The van der Waals surface area contributed by atoms with E-state index < -0.39 is 0 Å². The quantitative estimate of drug-likeness (QED) is 0.168. The highest BCUT2D eigenvalue weighted by Crippen LogP contribution is 2.41. The molecule has 0 radical (unpaired) electrons. The number of fused-ring (bicyclic) bond motifs is 3. The zero-order valence-corrected chi connectivity index (χ0v) is 27.8. The fourth-order valence-electron chi connectivity index (χ4n) is 7.43. The van der Waals surface area contributed by atoms with Crippen molar-refractivity contribution < 1.29 is 0 Å². The van der Waals surface area contributed by atoms with Gasteiger partial charge < -0.3 is 9.47 Å². The first kappa shape index (κ1) is 29.7. The van der Waals surface area contributed by atoms with Crippen LogP contribution in [0.4, 0.5) is 17.1 Å². The molecular formula is C48H36N2. The van der Waals surface area contributed by atoms with Crippen LogP contribution < -0.4 is 4.90 Å². The summed E-state index contributed by atoms with van der Waals surface area (Å²) in [6.45, 7) is 0. The molecule has 2 nitrogen and oxygen atoms in total. The molecule has 0 saturated heterocycles. The van der Waals surface area contributed by atoms with Crippen molar-refractivity contribution in [1.29, 1.82) is 0 Å². The van der Waals surface area contributed by atoms with Gasteiger partial charge in [-0.25, -0.2) is 0 Å². The van der Waals surface area contributed by atoms with Crippen LogP contribution in [0.1, 0.15) is 18.4 Å². The van der Waals surface area contributed by atoms with Crippen molar-refractivity contribution in [1.82, 2.24) is 4.57 Å². The number of anilines is 3. The summed E-state index contributed by atoms with van der Waals surface area (Å²) in [5, 5.41) is 2.55. The second-order valence-electron chi connectivity index (χ2n) is 12.9. The Hall–Kier alpha value is -6.38. The van der Waals surface area contributed by atoms with E-state index in [0.29, 0.717) is 0 Å². The van der Waals surface area contributed by atoms with E-state index in [1.807, 2.05) is 0 Å². The van der Waals surface area contributed by atoms with Gasteiger partial charge in [-0.1, -0.05) is 146 Å². The van der Waals surface area contributed by atoms with Crippen LogP contribution in [-0.4, -0.2) is 4.57 Å². The molecule has 9 rings (SSSR count). The van der Waals surface area contributed by atoms with Gasteiger partial charge in [0.1, 0.15) is 0 Å². The van der Waals surface area contributed by atoms with Crippen LogP contribution in [0.2, 0.25) is 0 Å². The Bertz CT molecular complexity index is 2490. The van der Waals surface area contributed by atoms with E-state index in [2.05, 4.69) is 204 Å². The molecule has 0 saturated carbocycles. The zero-order valence-electron chi connectivity index (χ0n) is 27.8. The van der Waals surface area contributed by atoms with Gasteiger partial charge >= 0.3 is 0 Å². The van der Waals surface area contributed by atoms with Gasteiger partial charge in [-0.2, -0.15) is 0 Å². The van der Waals surface area contributed by atoms with E-state index in [1.54, 1.807) is 0 Å². The number of allylic oxidation sites excluding steroid dienone is 4. The monoisotopic (exact) mass is 640 g/mol. The lowest BCUT2D eigenvalue weighted by atomic mass is 9.96. The normalized spacial score (nSPS) is 12.9. The molecule has 0 amide bonds. The van der Waals surface area contributed by atoms with Gasteiger partial charge in [0.2, 0.25) is 0 Å². The molecule has 1 aromatic heterocycles. The SMILES string of the molecule is C1=C(c2ccccc2)CCC(n2c3ccccc3c3ccc(N(c4ccccc4)c4ccc(-c5ccc(-c6ccccc6)cc5)cc4)cc32)=C1. The summed E-state index contributed by atoms with van der Waals surface area (Å²) in [6, 6.07) is 65.6. The molecule has 1 aliphatic carbocycles. The van der Waals surface area contributed by atoms with Gasteiger partial charge in [0, 0.05) is 33.5 Å². The van der Waals surface area contributed by atoms with Crippen molar-refractivity contribution >= 4 is 50.1 Å². The summed E-state index contributed by atoms with van der Waals surface area (Å²) in [6.07, 6.45) is 6.63. The number of para-hydroxylation sites is 2. The van der Waals surface area contributed by atoms with E-state index >= 15 is 0 Å². The topological polar surface area (TPSA) is 8.17 Å². The first-order valence-corrected chi connectivity index (χ1v) is 17.4. The average molecular weight is 641 g/mol. The zero-order chi connectivity index (χ0) is 33.3. The Balaban J connectivity index is 1.12. The van der Waals surface area contributed by atoms with Crippen LogP contribution in [0.5, 0.6) is 0 Å². The fraction of sp³-hybridized carbons (Fsp3) is 0.0417. The molecule has 238 valence electrons. The summed E-state index contributed by atoms with van der Waals surface area (Å²) in [4.78, 5) is 2.37. The highest BCUT2D eigenvalue weighted by Gasteiger charge is 2.19. The number of aromatic nitrogens is 1. The van der Waals surface area contributed by atoms with Crippen LogP contribution >= 0.6 is 0 Å². The maximum absolute atomic E-state index is 2.48. The van der Waals surface area contributed by atoms with E-state index in [1.165, 1.54) is 60.9 Å². The highest BCUT2D eigenvalue weighted by atomic mass is 15.1. The number of rotatable bonds is 7. The predicted molar refractivity (Wildman–Crippen MR) is 213 cm³/mol. The summed E-state index contributed by atoms with van der Waals surface area (Å²) >= 11 is 0. The van der Waals surface area contributed by atoms with Crippen LogP contribution in [0.25, 0.3) is 55.3 Å². The molecule has 0 atom stereocenters. The molecule has 0 spiro atoms. The molecule has 8 aromatic rings. The molecule has 0 fully saturated rings. The summed E-state index contributed by atoms with van der Waals surface area (Å²) in [5.74, 6) is 0. The van der Waals surface area contributed by atoms with Gasteiger partial charge in [-0.15, -0.1) is 0 Å². The van der Waals surface area contributed by atoms with Crippen molar-refractivity contribution in [2.45, 2.75) is 12.8 Å². The Labute approximate surface area is 293 Å². The predicted octanol–water partition coefficient (Wildman–Crippen LogP) is 13.3. The average Bonchev–Trinajstić information content (AvgIpc) is 3.53. The van der Waals surface area contributed by atoms with Gasteiger partial charge in [-0.3, -0.25) is 0 Å². The smallest absolute Gasteiger partial charge is 0.0558 e. The third-order valence-electron chi connectivity index (χ3n) is 9.94. The Morgan fingerprint density at radius 3 is 1.50 bits per heavy atom. The van der Waals surface area contributed by atoms with Gasteiger partial charge in [0.05, 0.1) is 11.0 Å². The van der Waals surface area contributed by atoms with Crippen LogP contribution in [-0.2, 0) is 0 Å². The maximum Gasteiger partial charge on any atom is 0.0558 e. The first-order valence-electron chi connectivity index (χ1n) is 17.4. The number of hydrogen-bond donors (Lipinski definition) is 0. The van der Waals surface area contributed by atoms with Crippen molar-refractivity contribution in [2.75, 3.05) is 4.90 Å². The second-order valence-corrected chi connectivity index (χ2v) is 12.9. The molecule has 0 aliphatic heterocycles. The number of nitrogens with zero attached hydrogens (tertiary/aromatic N) is 2. The fourth-order valence-corrected chi connectivity index (χ4v) is 7.43. The second kappa shape index (κ2) is 12.9. The summed E-state index contributed by atoms with van der Waals surface area (Å²) in [7, 11) is 0. The molecule has 2 heteroatoms. The Morgan fingerprint density at radius 1 is 0.360 bits per heavy atom. The molecule has 0 N–H and O–H groups in total. The minimum atomic E-state index is 0.981. The van der Waals surface area contributed by atoms with Gasteiger partial charge in [0.15, 0.2) is 0 Å². The molecular weight excluding hydrogens is 605 g/mol. The van der Waals surface area contributed by atoms with Crippen LogP contribution in [0.3, 0.4) is 0 Å². The summed E-state index contributed by atoms with van der Waals surface area (Å²) < 4.78 is 2.48. The number of hydrogen-bond acceptors (Lipinski definition) is 1. The third kappa shape index (κ3) is 5.51.